The minimum Gasteiger partial charge on any atom is -0.491 e. The van der Waals surface area contributed by atoms with Crippen LogP contribution in [0.25, 0.3) is 0 Å². The molecule has 0 saturated heterocycles. The van der Waals surface area contributed by atoms with Crippen LogP contribution < -0.4 is 10.1 Å². The van der Waals surface area contributed by atoms with E-state index in [0.717, 1.165) is 11.6 Å². The van der Waals surface area contributed by atoms with Crippen LogP contribution in [0.15, 0.2) is 12.5 Å². The van der Waals surface area contributed by atoms with E-state index in [1.54, 1.807) is 19.6 Å². The first-order chi connectivity index (χ1) is 6.90. The standard InChI is InChI=1S/C10H15N3O/c1-14-9-6-11-7-12-10(9)13-8-4-2-3-5-8/h6-8H,2-5H2,1H3,(H,11,12,13). The molecule has 1 aromatic rings. The van der Waals surface area contributed by atoms with Crippen LogP contribution in [-0.2, 0) is 0 Å². The quantitative estimate of drug-likeness (QED) is 0.795. The van der Waals surface area contributed by atoms with Crippen LogP contribution in [0.2, 0.25) is 0 Å². The molecule has 0 aliphatic heterocycles. The van der Waals surface area contributed by atoms with Crippen LogP contribution in [0.5, 0.6) is 5.75 Å². The molecule has 1 aromatic heterocycles. The molecule has 1 saturated carbocycles. The number of methoxy groups -OCH3 is 1. The van der Waals surface area contributed by atoms with E-state index in [9.17, 15) is 0 Å². The van der Waals surface area contributed by atoms with Crippen molar-refractivity contribution in [2.45, 2.75) is 31.7 Å². The molecule has 0 spiro atoms. The van der Waals surface area contributed by atoms with Crippen LogP contribution in [0, 0.1) is 0 Å². The summed E-state index contributed by atoms with van der Waals surface area (Å²) in [6.45, 7) is 0. The minimum atomic E-state index is 0.554. The first-order valence-electron chi connectivity index (χ1n) is 5.00. The van der Waals surface area contributed by atoms with Crippen molar-refractivity contribution >= 4 is 5.82 Å². The Hall–Kier alpha value is -1.32. The van der Waals surface area contributed by atoms with E-state index in [0.29, 0.717) is 6.04 Å². The second-order valence-electron chi connectivity index (χ2n) is 3.57. The van der Waals surface area contributed by atoms with Crippen LogP contribution >= 0.6 is 0 Å². The Morgan fingerprint density at radius 1 is 1.43 bits per heavy atom. The molecule has 1 aliphatic carbocycles. The van der Waals surface area contributed by atoms with E-state index in [-0.39, 0.29) is 0 Å². The molecule has 76 valence electrons. The van der Waals surface area contributed by atoms with Gasteiger partial charge in [-0.1, -0.05) is 12.8 Å². The first-order valence-corrected chi connectivity index (χ1v) is 5.00. The molecule has 0 atom stereocenters. The summed E-state index contributed by atoms with van der Waals surface area (Å²) in [7, 11) is 1.64. The topological polar surface area (TPSA) is 47.0 Å². The maximum absolute atomic E-state index is 5.17. The number of hydrogen-bond acceptors (Lipinski definition) is 4. The minimum absolute atomic E-state index is 0.554. The van der Waals surface area contributed by atoms with E-state index in [1.165, 1.54) is 25.7 Å². The van der Waals surface area contributed by atoms with E-state index in [2.05, 4.69) is 15.3 Å². The Morgan fingerprint density at radius 2 is 2.21 bits per heavy atom. The summed E-state index contributed by atoms with van der Waals surface area (Å²) in [6, 6.07) is 0.554. The molecule has 1 heterocycles. The van der Waals surface area contributed by atoms with Gasteiger partial charge < -0.3 is 10.1 Å². The van der Waals surface area contributed by atoms with Crippen LogP contribution in [0.1, 0.15) is 25.7 Å². The van der Waals surface area contributed by atoms with E-state index in [1.807, 2.05) is 0 Å². The lowest BCUT2D eigenvalue weighted by Crippen LogP contribution is -2.16. The molecule has 1 N–H and O–H groups in total. The van der Waals surface area contributed by atoms with Gasteiger partial charge in [0.25, 0.3) is 0 Å². The third-order valence-corrected chi connectivity index (χ3v) is 2.59. The van der Waals surface area contributed by atoms with Crippen molar-refractivity contribution < 1.29 is 4.74 Å². The van der Waals surface area contributed by atoms with Crippen molar-refractivity contribution in [3.63, 3.8) is 0 Å². The van der Waals surface area contributed by atoms with Crippen molar-refractivity contribution in [1.29, 1.82) is 0 Å². The molecule has 0 aromatic carbocycles. The van der Waals surface area contributed by atoms with Gasteiger partial charge in [0, 0.05) is 6.04 Å². The van der Waals surface area contributed by atoms with Gasteiger partial charge in [-0.25, -0.2) is 9.97 Å². The highest BCUT2D eigenvalue weighted by Crippen LogP contribution is 2.25. The van der Waals surface area contributed by atoms with Gasteiger partial charge in [-0.15, -0.1) is 0 Å². The van der Waals surface area contributed by atoms with Gasteiger partial charge in [0.2, 0.25) is 0 Å². The summed E-state index contributed by atoms with van der Waals surface area (Å²) in [5.41, 5.74) is 0. The van der Waals surface area contributed by atoms with Crippen LogP contribution in [-0.4, -0.2) is 23.1 Å². The lowest BCUT2D eigenvalue weighted by molar-refractivity contribution is 0.412. The summed E-state index contributed by atoms with van der Waals surface area (Å²) < 4.78 is 5.17. The van der Waals surface area contributed by atoms with Crippen molar-refractivity contribution in [3.8, 4) is 5.75 Å². The van der Waals surface area contributed by atoms with Gasteiger partial charge in [-0.3, -0.25) is 0 Å². The zero-order chi connectivity index (χ0) is 9.80. The number of rotatable bonds is 3. The lowest BCUT2D eigenvalue weighted by Gasteiger charge is -2.14. The number of nitrogens with one attached hydrogen (secondary N) is 1. The summed E-state index contributed by atoms with van der Waals surface area (Å²) in [5.74, 6) is 1.54. The summed E-state index contributed by atoms with van der Waals surface area (Å²) in [5, 5.41) is 3.38. The highest BCUT2D eigenvalue weighted by molar-refractivity contribution is 5.48. The highest BCUT2D eigenvalue weighted by Gasteiger charge is 2.16. The van der Waals surface area contributed by atoms with Crippen molar-refractivity contribution in [2.75, 3.05) is 12.4 Å². The number of ether oxygens (including phenoxy) is 1. The molecular weight excluding hydrogens is 178 g/mol. The number of nitrogens with zero attached hydrogens (tertiary/aromatic N) is 2. The zero-order valence-electron chi connectivity index (χ0n) is 8.36. The predicted octanol–water partition coefficient (Wildman–Crippen LogP) is 1.84. The fourth-order valence-electron chi connectivity index (χ4n) is 1.84. The Kier molecular flexibility index (Phi) is 2.81. The fourth-order valence-corrected chi connectivity index (χ4v) is 1.84. The molecule has 0 bridgehead atoms. The Bertz CT molecular complexity index is 297. The van der Waals surface area contributed by atoms with Gasteiger partial charge in [0.1, 0.15) is 6.33 Å². The molecule has 0 unspecified atom stereocenters. The lowest BCUT2D eigenvalue weighted by atomic mass is 10.2. The number of hydrogen-bond donors (Lipinski definition) is 1. The van der Waals surface area contributed by atoms with Gasteiger partial charge in [-0.05, 0) is 12.8 Å². The normalized spacial score (nSPS) is 16.9. The molecular formula is C10H15N3O. The van der Waals surface area contributed by atoms with Gasteiger partial charge in [0.15, 0.2) is 11.6 Å². The van der Waals surface area contributed by atoms with E-state index < -0.39 is 0 Å². The second kappa shape index (κ2) is 4.26. The largest absolute Gasteiger partial charge is 0.491 e. The van der Waals surface area contributed by atoms with Gasteiger partial charge >= 0.3 is 0 Å². The molecule has 0 amide bonds. The third kappa shape index (κ3) is 1.95. The molecule has 0 radical (unpaired) electrons. The maximum Gasteiger partial charge on any atom is 0.179 e. The third-order valence-electron chi connectivity index (χ3n) is 2.59. The molecule has 2 rings (SSSR count). The number of anilines is 1. The smallest absolute Gasteiger partial charge is 0.179 e. The molecule has 1 aliphatic rings. The molecule has 14 heavy (non-hydrogen) atoms. The SMILES string of the molecule is COc1cncnc1NC1CCCC1. The predicted molar refractivity (Wildman–Crippen MR) is 54.5 cm³/mol. The van der Waals surface area contributed by atoms with E-state index in [4.69, 9.17) is 4.74 Å². The van der Waals surface area contributed by atoms with Gasteiger partial charge in [0.05, 0.1) is 13.3 Å². The number of aromatic nitrogens is 2. The summed E-state index contributed by atoms with van der Waals surface area (Å²) in [4.78, 5) is 8.08. The molecule has 4 heteroatoms. The first kappa shape index (κ1) is 9.24. The van der Waals surface area contributed by atoms with E-state index >= 15 is 0 Å². The molecule has 4 nitrogen and oxygen atoms in total. The summed E-state index contributed by atoms with van der Waals surface area (Å²) >= 11 is 0. The van der Waals surface area contributed by atoms with Crippen molar-refractivity contribution in [3.05, 3.63) is 12.5 Å². The Morgan fingerprint density at radius 3 is 2.93 bits per heavy atom. The highest BCUT2D eigenvalue weighted by atomic mass is 16.5. The van der Waals surface area contributed by atoms with Gasteiger partial charge in [-0.2, -0.15) is 0 Å². The Labute approximate surface area is 83.7 Å². The molecule has 1 fully saturated rings. The average Bonchev–Trinajstić information content (AvgIpc) is 2.71. The zero-order valence-corrected chi connectivity index (χ0v) is 8.36. The Balaban J connectivity index is 2.07. The van der Waals surface area contributed by atoms with Crippen LogP contribution in [0.3, 0.4) is 0 Å². The summed E-state index contributed by atoms with van der Waals surface area (Å²) in [6.07, 6.45) is 8.31. The monoisotopic (exact) mass is 193 g/mol. The van der Waals surface area contributed by atoms with Crippen molar-refractivity contribution in [2.24, 2.45) is 0 Å². The average molecular weight is 193 g/mol. The fraction of sp³-hybridized carbons (Fsp3) is 0.600. The second-order valence-corrected chi connectivity index (χ2v) is 3.57. The van der Waals surface area contributed by atoms with Crippen LogP contribution in [0.4, 0.5) is 5.82 Å². The van der Waals surface area contributed by atoms with Crippen molar-refractivity contribution in [1.82, 2.24) is 9.97 Å². The maximum atomic E-state index is 5.17.